The van der Waals surface area contributed by atoms with E-state index < -0.39 is 21.8 Å². The van der Waals surface area contributed by atoms with Gasteiger partial charge in [0.15, 0.2) is 11.5 Å². The molecule has 0 saturated carbocycles. The number of hydrogen-bond acceptors (Lipinski definition) is 6. The minimum absolute atomic E-state index is 0.0269. The van der Waals surface area contributed by atoms with Gasteiger partial charge in [0, 0.05) is 20.4 Å². The van der Waals surface area contributed by atoms with Gasteiger partial charge in [-0.2, -0.15) is 0 Å². The van der Waals surface area contributed by atoms with E-state index >= 15 is 0 Å². The topological polar surface area (TPSA) is 102 Å². The Labute approximate surface area is 156 Å². The van der Waals surface area contributed by atoms with Gasteiger partial charge in [-0.25, -0.2) is 13.1 Å². The summed E-state index contributed by atoms with van der Waals surface area (Å²) < 4.78 is 37.9. The highest BCUT2D eigenvalue weighted by Crippen LogP contribution is 2.32. The van der Waals surface area contributed by atoms with E-state index in [2.05, 4.69) is 4.72 Å². The SMILES string of the molecule is CC(=O)N(C(C)=O)c1ccc(S(=O)(=O)NCc2ccc3c(c2)OCO3)cc1. The fourth-order valence-electron chi connectivity index (χ4n) is 2.67. The summed E-state index contributed by atoms with van der Waals surface area (Å²) in [5, 5.41) is 0. The molecule has 142 valence electrons. The van der Waals surface area contributed by atoms with Gasteiger partial charge >= 0.3 is 0 Å². The Morgan fingerprint density at radius 3 is 2.26 bits per heavy atom. The molecule has 2 aromatic rings. The lowest BCUT2D eigenvalue weighted by Crippen LogP contribution is -2.33. The maximum absolute atomic E-state index is 12.5. The molecule has 0 aromatic heterocycles. The molecule has 1 N–H and O–H groups in total. The Bertz CT molecular complexity index is 971. The summed E-state index contributed by atoms with van der Waals surface area (Å²) in [6.07, 6.45) is 0. The normalized spacial score (nSPS) is 12.7. The third kappa shape index (κ3) is 4.09. The lowest BCUT2D eigenvalue weighted by molar-refractivity contribution is -0.124. The Kier molecular flexibility index (Phi) is 5.15. The van der Waals surface area contributed by atoms with Gasteiger partial charge in [0.05, 0.1) is 10.6 Å². The maximum atomic E-state index is 12.5. The largest absolute Gasteiger partial charge is 0.454 e. The number of anilines is 1. The van der Waals surface area contributed by atoms with Crippen LogP contribution in [-0.2, 0) is 26.2 Å². The zero-order valence-corrected chi connectivity index (χ0v) is 15.6. The molecule has 1 aliphatic rings. The highest BCUT2D eigenvalue weighted by Gasteiger charge is 2.19. The molecular formula is C18H18N2O6S. The van der Waals surface area contributed by atoms with E-state index in [0.717, 1.165) is 10.5 Å². The number of ether oxygens (including phenoxy) is 2. The van der Waals surface area contributed by atoms with Crippen molar-refractivity contribution >= 4 is 27.5 Å². The lowest BCUT2D eigenvalue weighted by Gasteiger charge is -2.17. The number of sulfonamides is 1. The van der Waals surface area contributed by atoms with Crippen LogP contribution in [0.4, 0.5) is 5.69 Å². The Morgan fingerprint density at radius 1 is 1.00 bits per heavy atom. The number of carbonyl (C=O) groups excluding carboxylic acids is 2. The van der Waals surface area contributed by atoms with Crippen molar-refractivity contribution in [3.63, 3.8) is 0 Å². The van der Waals surface area contributed by atoms with Crippen LogP contribution in [0.25, 0.3) is 0 Å². The molecule has 0 saturated heterocycles. The minimum atomic E-state index is -3.77. The first-order valence-corrected chi connectivity index (χ1v) is 9.56. The van der Waals surface area contributed by atoms with E-state index in [1.54, 1.807) is 18.2 Å². The molecule has 3 rings (SSSR count). The van der Waals surface area contributed by atoms with Gasteiger partial charge in [-0.1, -0.05) is 6.07 Å². The zero-order valence-electron chi connectivity index (χ0n) is 14.8. The maximum Gasteiger partial charge on any atom is 0.240 e. The van der Waals surface area contributed by atoms with Crippen LogP contribution in [0, 0.1) is 0 Å². The van der Waals surface area contributed by atoms with Gasteiger partial charge in [0.25, 0.3) is 0 Å². The van der Waals surface area contributed by atoms with Crippen molar-refractivity contribution in [1.82, 2.24) is 4.72 Å². The first-order chi connectivity index (χ1) is 12.8. The first kappa shape index (κ1) is 18.9. The van der Waals surface area contributed by atoms with Gasteiger partial charge in [0.2, 0.25) is 28.6 Å². The fourth-order valence-corrected chi connectivity index (χ4v) is 3.69. The molecule has 0 atom stereocenters. The second kappa shape index (κ2) is 7.37. The first-order valence-electron chi connectivity index (χ1n) is 8.07. The molecule has 0 fully saturated rings. The monoisotopic (exact) mass is 390 g/mol. The standard InChI is InChI=1S/C18H18N2O6S/c1-12(21)20(13(2)22)15-4-6-16(7-5-15)27(23,24)19-10-14-3-8-17-18(9-14)26-11-25-17/h3-9,19H,10-11H2,1-2H3. The van der Waals surface area contributed by atoms with Crippen LogP contribution in [0.1, 0.15) is 19.4 Å². The van der Waals surface area contributed by atoms with Gasteiger partial charge in [-0.05, 0) is 42.0 Å². The van der Waals surface area contributed by atoms with E-state index in [9.17, 15) is 18.0 Å². The number of rotatable bonds is 5. The third-order valence-electron chi connectivity index (χ3n) is 3.94. The van der Waals surface area contributed by atoms with Gasteiger partial charge in [-0.3, -0.25) is 14.5 Å². The summed E-state index contributed by atoms with van der Waals surface area (Å²) >= 11 is 0. The van der Waals surface area contributed by atoms with Crippen LogP contribution in [0.3, 0.4) is 0 Å². The molecule has 8 nitrogen and oxygen atoms in total. The van der Waals surface area contributed by atoms with Crippen molar-refractivity contribution in [3.05, 3.63) is 48.0 Å². The smallest absolute Gasteiger partial charge is 0.240 e. The summed E-state index contributed by atoms with van der Waals surface area (Å²) in [6.45, 7) is 2.75. The summed E-state index contributed by atoms with van der Waals surface area (Å²) in [4.78, 5) is 24.1. The molecule has 2 amide bonds. The van der Waals surface area contributed by atoms with Crippen LogP contribution in [0.2, 0.25) is 0 Å². The zero-order chi connectivity index (χ0) is 19.6. The van der Waals surface area contributed by atoms with Gasteiger partial charge < -0.3 is 9.47 Å². The highest BCUT2D eigenvalue weighted by atomic mass is 32.2. The number of amides is 2. The molecule has 0 unspecified atom stereocenters. The van der Waals surface area contributed by atoms with E-state index in [1.165, 1.54) is 38.1 Å². The lowest BCUT2D eigenvalue weighted by atomic mass is 10.2. The Morgan fingerprint density at radius 2 is 1.63 bits per heavy atom. The molecule has 0 spiro atoms. The number of benzene rings is 2. The number of hydrogen-bond donors (Lipinski definition) is 1. The summed E-state index contributed by atoms with van der Waals surface area (Å²) in [5.41, 5.74) is 1.03. The quantitative estimate of drug-likeness (QED) is 0.835. The number of nitrogens with one attached hydrogen (secondary N) is 1. The van der Waals surface area contributed by atoms with Crippen LogP contribution in [-0.4, -0.2) is 27.0 Å². The second-order valence-electron chi connectivity index (χ2n) is 5.88. The minimum Gasteiger partial charge on any atom is -0.454 e. The average molecular weight is 390 g/mol. The van der Waals surface area contributed by atoms with E-state index in [0.29, 0.717) is 17.2 Å². The predicted molar refractivity (Wildman–Crippen MR) is 96.9 cm³/mol. The van der Waals surface area contributed by atoms with Crippen LogP contribution in [0.15, 0.2) is 47.4 Å². The van der Waals surface area contributed by atoms with Crippen molar-refractivity contribution in [3.8, 4) is 11.5 Å². The number of fused-ring (bicyclic) bond motifs is 1. The summed E-state index contributed by atoms with van der Waals surface area (Å²) in [7, 11) is -3.77. The molecule has 2 aromatic carbocycles. The van der Waals surface area contributed by atoms with Gasteiger partial charge in [0.1, 0.15) is 0 Å². The Hall–Kier alpha value is -2.91. The molecule has 0 aliphatic carbocycles. The third-order valence-corrected chi connectivity index (χ3v) is 5.36. The fraction of sp³-hybridized carbons (Fsp3) is 0.222. The summed E-state index contributed by atoms with van der Waals surface area (Å²) in [6, 6.07) is 10.7. The molecule has 9 heteroatoms. The van der Waals surface area contributed by atoms with Crippen molar-refractivity contribution in [2.45, 2.75) is 25.3 Å². The van der Waals surface area contributed by atoms with Crippen molar-refractivity contribution in [1.29, 1.82) is 0 Å². The highest BCUT2D eigenvalue weighted by molar-refractivity contribution is 7.89. The summed E-state index contributed by atoms with van der Waals surface area (Å²) in [5.74, 6) is 0.306. The van der Waals surface area contributed by atoms with Crippen LogP contribution < -0.4 is 19.1 Å². The molecule has 1 heterocycles. The average Bonchev–Trinajstić information content (AvgIpc) is 3.08. The molecule has 0 radical (unpaired) electrons. The molecule has 27 heavy (non-hydrogen) atoms. The van der Waals surface area contributed by atoms with Crippen LogP contribution >= 0.6 is 0 Å². The van der Waals surface area contributed by atoms with E-state index in [4.69, 9.17) is 9.47 Å². The van der Waals surface area contributed by atoms with Crippen LogP contribution in [0.5, 0.6) is 11.5 Å². The number of nitrogens with zero attached hydrogens (tertiary/aromatic N) is 1. The second-order valence-corrected chi connectivity index (χ2v) is 7.65. The van der Waals surface area contributed by atoms with Crippen molar-refractivity contribution < 1.29 is 27.5 Å². The molecular weight excluding hydrogens is 372 g/mol. The van der Waals surface area contributed by atoms with Crippen molar-refractivity contribution in [2.75, 3.05) is 11.7 Å². The molecule has 0 bridgehead atoms. The van der Waals surface area contributed by atoms with E-state index in [1.807, 2.05) is 0 Å². The van der Waals surface area contributed by atoms with Crippen molar-refractivity contribution in [2.24, 2.45) is 0 Å². The van der Waals surface area contributed by atoms with Gasteiger partial charge in [-0.15, -0.1) is 0 Å². The predicted octanol–water partition coefficient (Wildman–Crippen LogP) is 1.79. The number of imide groups is 1. The van der Waals surface area contributed by atoms with E-state index in [-0.39, 0.29) is 18.2 Å². The molecule has 1 aliphatic heterocycles. The number of carbonyl (C=O) groups is 2. The Balaban J connectivity index is 1.73.